The number of urea groups is 1. The van der Waals surface area contributed by atoms with Crippen molar-refractivity contribution in [3.8, 4) is 11.3 Å². The third kappa shape index (κ3) is 3.52. The lowest BCUT2D eigenvalue weighted by Gasteiger charge is -2.10. The fraction of sp³-hybridized carbons (Fsp3) is 0. The lowest BCUT2D eigenvalue weighted by atomic mass is 10.2. The average molecular weight is 426 g/mol. The van der Waals surface area contributed by atoms with Crippen LogP contribution in [0.5, 0.6) is 0 Å². The number of imidazole rings is 1. The quantitative estimate of drug-likeness (QED) is 0.488. The van der Waals surface area contributed by atoms with Crippen LogP contribution in [0, 0.1) is 5.82 Å². The first kappa shape index (κ1) is 17.2. The van der Waals surface area contributed by atoms with E-state index in [2.05, 4.69) is 36.5 Å². The van der Waals surface area contributed by atoms with Crippen LogP contribution in [0.3, 0.4) is 0 Å². The third-order valence-electron chi connectivity index (χ3n) is 3.89. The zero-order chi connectivity index (χ0) is 18.8. The Morgan fingerprint density at radius 3 is 2.67 bits per heavy atom. The summed E-state index contributed by atoms with van der Waals surface area (Å²) in [4.78, 5) is 21.1. The topological polar surface area (TPSA) is 71.3 Å². The van der Waals surface area contributed by atoms with E-state index in [9.17, 15) is 9.18 Å². The molecule has 27 heavy (non-hydrogen) atoms. The first-order valence-corrected chi connectivity index (χ1v) is 8.81. The van der Waals surface area contributed by atoms with Crippen LogP contribution in [0.15, 0.2) is 71.6 Å². The highest BCUT2D eigenvalue weighted by molar-refractivity contribution is 9.10. The van der Waals surface area contributed by atoms with Gasteiger partial charge in [-0.15, -0.1) is 0 Å². The number of nitrogens with zero attached hydrogens (tertiary/aromatic N) is 3. The Hall–Kier alpha value is -3.26. The van der Waals surface area contributed by atoms with Gasteiger partial charge in [-0.3, -0.25) is 14.7 Å². The van der Waals surface area contributed by atoms with E-state index in [1.807, 2.05) is 18.2 Å². The van der Waals surface area contributed by atoms with Crippen molar-refractivity contribution in [1.29, 1.82) is 0 Å². The number of fused-ring (bicyclic) bond motifs is 1. The molecule has 2 N–H and O–H groups in total. The van der Waals surface area contributed by atoms with E-state index in [1.54, 1.807) is 41.2 Å². The highest BCUT2D eigenvalue weighted by Gasteiger charge is 2.17. The first-order chi connectivity index (χ1) is 13.1. The van der Waals surface area contributed by atoms with Crippen molar-refractivity contribution >= 4 is 39.1 Å². The average Bonchev–Trinajstić information content (AvgIpc) is 3.03. The summed E-state index contributed by atoms with van der Waals surface area (Å²) in [6.45, 7) is 0. The van der Waals surface area contributed by atoms with E-state index in [0.717, 1.165) is 5.56 Å². The highest BCUT2D eigenvalue weighted by atomic mass is 79.9. The van der Waals surface area contributed by atoms with E-state index < -0.39 is 11.8 Å². The van der Waals surface area contributed by atoms with Gasteiger partial charge in [-0.2, -0.15) is 0 Å². The highest BCUT2D eigenvalue weighted by Crippen LogP contribution is 2.28. The van der Waals surface area contributed by atoms with Gasteiger partial charge >= 0.3 is 6.03 Å². The lowest BCUT2D eigenvalue weighted by molar-refractivity contribution is 0.262. The number of anilines is 2. The molecular weight excluding hydrogens is 413 g/mol. The van der Waals surface area contributed by atoms with Gasteiger partial charge in [0.1, 0.15) is 23.0 Å². The molecule has 4 aromatic rings. The molecule has 134 valence electrons. The van der Waals surface area contributed by atoms with Gasteiger partial charge in [-0.05, 0) is 42.5 Å². The molecule has 0 aliphatic heterocycles. The molecule has 6 nitrogen and oxygen atoms in total. The van der Waals surface area contributed by atoms with Crippen LogP contribution in [-0.2, 0) is 0 Å². The molecule has 1 aromatic carbocycles. The van der Waals surface area contributed by atoms with E-state index in [0.29, 0.717) is 21.6 Å². The molecule has 4 rings (SSSR count). The van der Waals surface area contributed by atoms with Gasteiger partial charge in [0.15, 0.2) is 0 Å². The number of benzene rings is 1. The molecule has 0 radical (unpaired) electrons. The molecule has 3 aromatic heterocycles. The molecular formula is C19H13BrFN5O. The minimum atomic E-state index is -0.572. The van der Waals surface area contributed by atoms with E-state index >= 15 is 0 Å². The molecule has 0 aliphatic rings. The summed E-state index contributed by atoms with van der Waals surface area (Å²) in [5.41, 5.74) is 2.15. The van der Waals surface area contributed by atoms with E-state index in [4.69, 9.17) is 0 Å². The van der Waals surface area contributed by atoms with Gasteiger partial charge in [-0.25, -0.2) is 14.2 Å². The number of hydrogen-bond donors (Lipinski definition) is 2. The van der Waals surface area contributed by atoms with Crippen LogP contribution < -0.4 is 10.6 Å². The van der Waals surface area contributed by atoms with Crippen LogP contribution in [-0.4, -0.2) is 20.4 Å². The number of carbonyl (C=O) groups is 1. The lowest BCUT2D eigenvalue weighted by Crippen LogP contribution is -2.21. The van der Waals surface area contributed by atoms with Gasteiger partial charge in [-0.1, -0.05) is 22.0 Å². The van der Waals surface area contributed by atoms with Gasteiger partial charge in [0, 0.05) is 28.6 Å². The number of aromatic nitrogens is 3. The summed E-state index contributed by atoms with van der Waals surface area (Å²) in [5.74, 6) is -0.0566. The van der Waals surface area contributed by atoms with Crippen molar-refractivity contribution in [3.63, 3.8) is 0 Å². The molecule has 0 atom stereocenters. The van der Waals surface area contributed by atoms with Crippen LogP contribution in [0.4, 0.5) is 20.7 Å². The minimum Gasteiger partial charge on any atom is -0.305 e. The van der Waals surface area contributed by atoms with E-state index in [1.165, 1.54) is 12.1 Å². The Labute approximate surface area is 162 Å². The fourth-order valence-electron chi connectivity index (χ4n) is 2.68. The first-order valence-electron chi connectivity index (χ1n) is 8.02. The summed E-state index contributed by atoms with van der Waals surface area (Å²) >= 11 is 3.19. The number of halogens is 2. The molecule has 0 unspecified atom stereocenters. The largest absolute Gasteiger partial charge is 0.324 e. The summed E-state index contributed by atoms with van der Waals surface area (Å²) in [6.07, 6.45) is 5.10. The van der Waals surface area contributed by atoms with Crippen molar-refractivity contribution in [2.45, 2.75) is 0 Å². The Kier molecular flexibility index (Phi) is 4.55. The Morgan fingerprint density at radius 2 is 1.89 bits per heavy atom. The smallest absolute Gasteiger partial charge is 0.305 e. The zero-order valence-corrected chi connectivity index (χ0v) is 15.4. The maximum Gasteiger partial charge on any atom is 0.324 e. The molecule has 0 bridgehead atoms. The van der Waals surface area contributed by atoms with Crippen LogP contribution in [0.1, 0.15) is 0 Å². The number of nitrogens with one attached hydrogen (secondary N) is 2. The van der Waals surface area contributed by atoms with Crippen molar-refractivity contribution in [1.82, 2.24) is 14.4 Å². The molecule has 2 amide bonds. The summed E-state index contributed by atoms with van der Waals surface area (Å²) in [5, 5.41) is 5.29. The van der Waals surface area contributed by atoms with Gasteiger partial charge in [0.2, 0.25) is 0 Å². The number of amides is 2. The Balaban J connectivity index is 1.69. The maximum absolute atomic E-state index is 14.0. The van der Waals surface area contributed by atoms with Crippen LogP contribution in [0.25, 0.3) is 16.9 Å². The zero-order valence-electron chi connectivity index (χ0n) is 13.9. The monoisotopic (exact) mass is 425 g/mol. The second-order valence-corrected chi connectivity index (χ2v) is 6.59. The van der Waals surface area contributed by atoms with Crippen molar-refractivity contribution in [2.75, 3.05) is 10.6 Å². The predicted molar refractivity (Wildman–Crippen MR) is 105 cm³/mol. The van der Waals surface area contributed by atoms with Gasteiger partial charge in [0.25, 0.3) is 0 Å². The molecule has 8 heteroatoms. The molecule has 0 saturated heterocycles. The van der Waals surface area contributed by atoms with Crippen LogP contribution in [0.2, 0.25) is 0 Å². The van der Waals surface area contributed by atoms with Gasteiger partial charge < -0.3 is 5.32 Å². The third-order valence-corrected chi connectivity index (χ3v) is 4.39. The van der Waals surface area contributed by atoms with Crippen molar-refractivity contribution in [2.24, 2.45) is 0 Å². The molecule has 0 saturated carbocycles. The molecule has 3 heterocycles. The Morgan fingerprint density at radius 1 is 1.07 bits per heavy atom. The SMILES string of the molecule is O=C(Nc1ccc(Br)cc1F)Nc1c(-c2ccncc2)nc2ccccn12. The maximum atomic E-state index is 14.0. The van der Waals surface area contributed by atoms with E-state index in [-0.39, 0.29) is 5.69 Å². The van der Waals surface area contributed by atoms with Crippen LogP contribution >= 0.6 is 15.9 Å². The fourth-order valence-corrected chi connectivity index (χ4v) is 3.01. The van der Waals surface area contributed by atoms with Crippen molar-refractivity contribution < 1.29 is 9.18 Å². The molecule has 0 spiro atoms. The van der Waals surface area contributed by atoms with Gasteiger partial charge in [0.05, 0.1) is 5.69 Å². The van der Waals surface area contributed by atoms with Crippen molar-refractivity contribution in [3.05, 3.63) is 77.4 Å². The summed E-state index contributed by atoms with van der Waals surface area (Å²) in [7, 11) is 0. The molecule has 0 aliphatic carbocycles. The normalized spacial score (nSPS) is 10.7. The standard InChI is InChI=1S/C19H13BrFN5O/c20-13-4-5-15(14(21)11-13)23-19(27)25-18-17(12-6-8-22-9-7-12)24-16-3-1-2-10-26(16)18/h1-11H,(H2,23,25,27). The number of hydrogen-bond acceptors (Lipinski definition) is 3. The predicted octanol–water partition coefficient (Wildman–Crippen LogP) is 4.94. The number of pyridine rings is 2. The number of carbonyl (C=O) groups excluding carboxylic acids is 1. The summed E-state index contributed by atoms with van der Waals surface area (Å²) in [6, 6.07) is 13.0. The second-order valence-electron chi connectivity index (χ2n) is 5.68. The molecule has 0 fully saturated rings. The minimum absolute atomic E-state index is 0.0787. The Bertz CT molecular complexity index is 1130. The number of rotatable bonds is 3. The summed E-state index contributed by atoms with van der Waals surface area (Å²) < 4.78 is 16.3. The second kappa shape index (κ2) is 7.16.